The zero-order valence-electron chi connectivity index (χ0n) is 21.0. The van der Waals surface area contributed by atoms with Crippen molar-refractivity contribution >= 4 is 28.2 Å². The third kappa shape index (κ3) is 5.13. The first-order valence-electron chi connectivity index (χ1n) is 12.9. The number of likely N-dealkylation sites (tertiary alicyclic amines) is 1. The van der Waals surface area contributed by atoms with Gasteiger partial charge in [-0.25, -0.2) is 4.98 Å². The van der Waals surface area contributed by atoms with Crippen LogP contribution in [0.4, 0.5) is 11.4 Å². The number of benzene rings is 1. The van der Waals surface area contributed by atoms with Gasteiger partial charge < -0.3 is 19.9 Å². The second-order valence-corrected chi connectivity index (χ2v) is 9.92. The predicted octanol–water partition coefficient (Wildman–Crippen LogP) is 4.35. The highest BCUT2D eigenvalue weighted by molar-refractivity contribution is 6.11. The number of nitrogens with zero attached hydrogens (tertiary/aromatic N) is 5. The second-order valence-electron chi connectivity index (χ2n) is 9.92. The Kier molecular flexibility index (Phi) is 6.44. The van der Waals surface area contributed by atoms with Crippen LogP contribution < -0.4 is 15.0 Å². The molecule has 2 aliphatic heterocycles. The number of anilines is 2. The van der Waals surface area contributed by atoms with Crippen molar-refractivity contribution < 1.29 is 9.53 Å². The number of aromatic nitrogens is 4. The van der Waals surface area contributed by atoms with Crippen LogP contribution in [0.15, 0.2) is 55.0 Å². The minimum atomic E-state index is -0.288. The van der Waals surface area contributed by atoms with Crippen molar-refractivity contribution in [3.63, 3.8) is 0 Å². The molecule has 37 heavy (non-hydrogen) atoms. The van der Waals surface area contributed by atoms with Crippen LogP contribution in [0.5, 0.6) is 5.88 Å². The molecule has 6 rings (SSSR count). The summed E-state index contributed by atoms with van der Waals surface area (Å²) < 4.78 is 6.08. The molecule has 0 unspecified atom stereocenters. The van der Waals surface area contributed by atoms with Crippen LogP contribution in [0.3, 0.4) is 0 Å². The van der Waals surface area contributed by atoms with Crippen molar-refractivity contribution in [1.82, 2.24) is 25.1 Å². The molecule has 0 bridgehead atoms. The lowest BCUT2D eigenvalue weighted by atomic mass is 10.0. The Hall–Kier alpha value is -3.98. The Morgan fingerprint density at radius 2 is 1.86 bits per heavy atom. The first-order valence-corrected chi connectivity index (χ1v) is 12.9. The molecular weight excluding hydrogens is 466 g/mol. The molecule has 0 atom stereocenters. The van der Waals surface area contributed by atoms with E-state index in [1.54, 1.807) is 18.3 Å². The minimum absolute atomic E-state index is 0.141. The Balaban J connectivity index is 1.20. The number of amides is 1. The van der Waals surface area contributed by atoms with E-state index in [-0.39, 0.29) is 12.0 Å². The van der Waals surface area contributed by atoms with Crippen LogP contribution in [0.1, 0.15) is 36.2 Å². The maximum Gasteiger partial charge on any atom is 0.276 e. The van der Waals surface area contributed by atoms with Gasteiger partial charge in [0.25, 0.3) is 5.91 Å². The van der Waals surface area contributed by atoms with Gasteiger partial charge in [-0.3, -0.25) is 14.9 Å². The van der Waals surface area contributed by atoms with Gasteiger partial charge in [0.1, 0.15) is 6.10 Å². The number of rotatable bonds is 6. The molecule has 4 aromatic rings. The fourth-order valence-corrected chi connectivity index (χ4v) is 5.12. The highest BCUT2D eigenvalue weighted by atomic mass is 16.5. The highest BCUT2D eigenvalue weighted by Gasteiger charge is 2.20. The number of aromatic amines is 1. The molecule has 9 nitrogen and oxygen atoms in total. The van der Waals surface area contributed by atoms with Crippen LogP contribution in [0, 0.1) is 0 Å². The fourth-order valence-electron chi connectivity index (χ4n) is 5.12. The van der Waals surface area contributed by atoms with E-state index in [0.29, 0.717) is 17.3 Å². The summed E-state index contributed by atoms with van der Waals surface area (Å²) in [6.07, 6.45) is 9.94. The summed E-state index contributed by atoms with van der Waals surface area (Å²) in [4.78, 5) is 26.7. The zero-order chi connectivity index (χ0) is 25.2. The molecule has 3 aromatic heterocycles. The molecule has 9 heteroatoms. The molecule has 0 radical (unpaired) electrons. The van der Waals surface area contributed by atoms with Gasteiger partial charge in [-0.2, -0.15) is 5.10 Å². The molecule has 2 N–H and O–H groups in total. The van der Waals surface area contributed by atoms with Crippen molar-refractivity contribution in [2.24, 2.45) is 0 Å². The number of piperidine rings is 1. The molecule has 190 valence electrons. The highest BCUT2D eigenvalue weighted by Crippen LogP contribution is 2.29. The van der Waals surface area contributed by atoms with Crippen molar-refractivity contribution in [2.45, 2.75) is 31.8 Å². The number of H-pyrrole nitrogens is 1. The van der Waals surface area contributed by atoms with Crippen molar-refractivity contribution in [3.05, 3.63) is 60.7 Å². The minimum Gasteiger partial charge on any atom is -0.474 e. The molecule has 2 fully saturated rings. The summed E-state index contributed by atoms with van der Waals surface area (Å²) in [5, 5.41) is 11.0. The van der Waals surface area contributed by atoms with Gasteiger partial charge >= 0.3 is 0 Å². The quantitative estimate of drug-likeness (QED) is 0.409. The summed E-state index contributed by atoms with van der Waals surface area (Å²) >= 11 is 0. The van der Waals surface area contributed by atoms with Crippen LogP contribution in [-0.4, -0.2) is 70.3 Å². The zero-order valence-corrected chi connectivity index (χ0v) is 21.0. The number of hydrogen-bond acceptors (Lipinski definition) is 7. The van der Waals surface area contributed by atoms with E-state index < -0.39 is 0 Å². The third-order valence-electron chi connectivity index (χ3n) is 7.25. The first-order chi connectivity index (χ1) is 18.1. The van der Waals surface area contributed by atoms with E-state index in [0.717, 1.165) is 66.7 Å². The lowest BCUT2D eigenvalue weighted by molar-refractivity contribution is 0.102. The largest absolute Gasteiger partial charge is 0.474 e. The molecule has 0 saturated carbocycles. The summed E-state index contributed by atoms with van der Waals surface area (Å²) in [7, 11) is 2.12. The fraction of sp³-hybridized carbons (Fsp3) is 0.357. The van der Waals surface area contributed by atoms with Gasteiger partial charge in [-0.1, -0.05) is 6.07 Å². The van der Waals surface area contributed by atoms with Crippen LogP contribution in [0.25, 0.3) is 22.0 Å². The average Bonchev–Trinajstić information content (AvgIpc) is 3.61. The number of nitrogens with one attached hydrogen (secondary N) is 2. The lowest BCUT2D eigenvalue weighted by Crippen LogP contribution is -2.35. The standard InChI is InChI=1S/C28H31N7O2/c1-34-12-7-23(8-13-34)37-26-16-21(6-9-30-26)31-28(36)27-24-15-19(4-5-25(24)32-33-27)20-14-22(18-29-17-20)35-10-2-3-11-35/h4-6,9,14-18,23H,2-3,7-8,10-13H2,1H3,(H,32,33)(H,30,31,36). The number of pyridine rings is 2. The molecule has 2 saturated heterocycles. The van der Waals surface area contributed by atoms with Crippen molar-refractivity contribution in [2.75, 3.05) is 43.4 Å². The molecule has 0 spiro atoms. The second kappa shape index (κ2) is 10.2. The third-order valence-corrected chi connectivity index (χ3v) is 7.25. The van der Waals surface area contributed by atoms with E-state index in [9.17, 15) is 4.79 Å². The Morgan fingerprint density at radius 1 is 1.03 bits per heavy atom. The van der Waals surface area contributed by atoms with Crippen LogP contribution in [0.2, 0.25) is 0 Å². The lowest BCUT2D eigenvalue weighted by Gasteiger charge is -2.28. The van der Waals surface area contributed by atoms with Gasteiger partial charge in [0, 0.05) is 61.3 Å². The summed E-state index contributed by atoms with van der Waals surface area (Å²) in [6.45, 7) is 4.15. The van der Waals surface area contributed by atoms with E-state index in [1.807, 2.05) is 30.6 Å². The molecule has 1 amide bonds. The Bertz CT molecular complexity index is 1400. The summed E-state index contributed by atoms with van der Waals surface area (Å²) in [6, 6.07) is 11.7. The molecule has 2 aliphatic rings. The van der Waals surface area contributed by atoms with Gasteiger partial charge in [0.05, 0.1) is 17.4 Å². The number of carbonyl (C=O) groups excluding carboxylic acids is 1. The topological polar surface area (TPSA) is 99.3 Å². The predicted molar refractivity (Wildman–Crippen MR) is 144 cm³/mol. The average molecular weight is 498 g/mol. The van der Waals surface area contributed by atoms with Crippen LogP contribution in [-0.2, 0) is 0 Å². The van der Waals surface area contributed by atoms with Crippen LogP contribution >= 0.6 is 0 Å². The van der Waals surface area contributed by atoms with Gasteiger partial charge in [0.15, 0.2) is 5.69 Å². The normalized spacial score (nSPS) is 16.8. The number of carbonyl (C=O) groups is 1. The van der Waals surface area contributed by atoms with Gasteiger partial charge in [0.2, 0.25) is 5.88 Å². The SMILES string of the molecule is CN1CCC(Oc2cc(NC(=O)c3n[nH]c4ccc(-c5cncc(N6CCCC6)c5)cc34)ccn2)CC1. The maximum atomic E-state index is 13.2. The summed E-state index contributed by atoms with van der Waals surface area (Å²) in [5.74, 6) is 0.232. The monoisotopic (exact) mass is 497 g/mol. The number of ether oxygens (including phenoxy) is 1. The number of fused-ring (bicyclic) bond motifs is 1. The smallest absolute Gasteiger partial charge is 0.276 e. The van der Waals surface area contributed by atoms with Crippen molar-refractivity contribution in [3.8, 4) is 17.0 Å². The van der Waals surface area contributed by atoms with E-state index in [2.05, 4.69) is 48.4 Å². The molecule has 5 heterocycles. The van der Waals surface area contributed by atoms with Crippen molar-refractivity contribution in [1.29, 1.82) is 0 Å². The molecule has 1 aromatic carbocycles. The van der Waals surface area contributed by atoms with E-state index >= 15 is 0 Å². The first kappa shape index (κ1) is 23.4. The maximum absolute atomic E-state index is 13.2. The molecular formula is C28H31N7O2. The Labute approximate surface area is 215 Å². The van der Waals surface area contributed by atoms with E-state index in [1.165, 1.54) is 12.8 Å². The number of hydrogen-bond donors (Lipinski definition) is 2. The Morgan fingerprint density at radius 3 is 2.70 bits per heavy atom. The molecule has 0 aliphatic carbocycles. The van der Waals surface area contributed by atoms with Gasteiger partial charge in [-0.15, -0.1) is 0 Å². The van der Waals surface area contributed by atoms with Gasteiger partial charge in [-0.05, 0) is 62.6 Å². The van der Waals surface area contributed by atoms with E-state index in [4.69, 9.17) is 4.74 Å². The summed E-state index contributed by atoms with van der Waals surface area (Å²) in [5.41, 5.74) is 4.92.